The molecule has 1 N–H and O–H groups in total. The average molecular weight is 374 g/mol. The Balaban J connectivity index is 1.45. The molecule has 140 valence electrons. The van der Waals surface area contributed by atoms with E-state index in [1.165, 1.54) is 11.3 Å². The van der Waals surface area contributed by atoms with Crippen molar-refractivity contribution in [2.75, 3.05) is 24.8 Å². The number of hydrogen-bond donors (Lipinski definition) is 1. The summed E-state index contributed by atoms with van der Waals surface area (Å²) in [6.07, 6.45) is 1.78. The Hall–Kier alpha value is -3.41. The van der Waals surface area contributed by atoms with Crippen LogP contribution in [0.25, 0.3) is 0 Å². The number of H-pyrrole nitrogens is 1. The lowest BCUT2D eigenvalue weighted by Gasteiger charge is -2.25. The molecule has 0 saturated carbocycles. The molecule has 0 bridgehead atoms. The van der Waals surface area contributed by atoms with Crippen LogP contribution in [0.3, 0.4) is 0 Å². The highest BCUT2D eigenvalue weighted by Gasteiger charge is 2.50. The van der Waals surface area contributed by atoms with E-state index in [1.54, 1.807) is 12.3 Å². The Labute approximate surface area is 161 Å². The van der Waals surface area contributed by atoms with Gasteiger partial charge < -0.3 is 24.1 Å². The number of aromatic amines is 1. The first-order chi connectivity index (χ1) is 13.7. The van der Waals surface area contributed by atoms with Crippen LogP contribution in [0.1, 0.15) is 16.7 Å². The number of ether oxygens (including phenoxy) is 3. The smallest absolute Gasteiger partial charge is 0.247 e. The van der Waals surface area contributed by atoms with Crippen LogP contribution in [-0.2, 0) is 12.0 Å². The number of hydrogen-bond acceptors (Lipinski definition) is 5. The SMILES string of the molecule is O=c1ccc(CN2CC3(COc4cc5c(cc43)OCO5)c3ccccc32)c[nH]1. The number of benzene rings is 2. The maximum absolute atomic E-state index is 11.4. The number of rotatable bonds is 2. The zero-order valence-corrected chi connectivity index (χ0v) is 15.1. The molecule has 0 aliphatic carbocycles. The van der Waals surface area contributed by atoms with Gasteiger partial charge in [0.15, 0.2) is 11.5 Å². The first-order valence-corrected chi connectivity index (χ1v) is 9.32. The molecule has 3 aliphatic rings. The van der Waals surface area contributed by atoms with Gasteiger partial charge in [-0.05, 0) is 23.3 Å². The molecule has 0 saturated heterocycles. The van der Waals surface area contributed by atoms with Gasteiger partial charge in [0.05, 0.1) is 5.41 Å². The maximum atomic E-state index is 11.4. The molecule has 1 atom stereocenters. The number of anilines is 1. The van der Waals surface area contributed by atoms with Crippen molar-refractivity contribution in [3.8, 4) is 17.2 Å². The van der Waals surface area contributed by atoms with Crippen molar-refractivity contribution < 1.29 is 14.2 Å². The molecule has 6 heteroatoms. The van der Waals surface area contributed by atoms with Crippen LogP contribution in [0.5, 0.6) is 17.2 Å². The first-order valence-electron chi connectivity index (χ1n) is 9.32. The second-order valence-corrected chi connectivity index (χ2v) is 7.51. The summed E-state index contributed by atoms with van der Waals surface area (Å²) in [6, 6.07) is 15.9. The van der Waals surface area contributed by atoms with Gasteiger partial charge in [0, 0.05) is 42.7 Å². The van der Waals surface area contributed by atoms with E-state index in [0.717, 1.165) is 41.5 Å². The monoisotopic (exact) mass is 374 g/mol. The third kappa shape index (κ3) is 2.11. The summed E-state index contributed by atoms with van der Waals surface area (Å²) in [5.41, 5.74) is 4.34. The molecule has 0 radical (unpaired) electrons. The minimum Gasteiger partial charge on any atom is -0.492 e. The van der Waals surface area contributed by atoms with Crippen molar-refractivity contribution in [1.29, 1.82) is 0 Å². The van der Waals surface area contributed by atoms with E-state index in [9.17, 15) is 4.79 Å². The van der Waals surface area contributed by atoms with Crippen molar-refractivity contribution in [2.45, 2.75) is 12.0 Å². The third-order valence-electron chi connectivity index (χ3n) is 5.91. The van der Waals surface area contributed by atoms with Crippen molar-refractivity contribution in [3.05, 3.63) is 81.8 Å². The Morgan fingerprint density at radius 1 is 0.964 bits per heavy atom. The van der Waals surface area contributed by atoms with Gasteiger partial charge in [0.1, 0.15) is 12.4 Å². The van der Waals surface area contributed by atoms with Crippen LogP contribution in [0.4, 0.5) is 5.69 Å². The molecule has 0 amide bonds. The second-order valence-electron chi connectivity index (χ2n) is 7.51. The fourth-order valence-corrected chi connectivity index (χ4v) is 4.60. The Morgan fingerprint density at radius 2 is 1.82 bits per heavy atom. The molecule has 6 rings (SSSR count). The van der Waals surface area contributed by atoms with E-state index in [4.69, 9.17) is 14.2 Å². The number of fused-ring (bicyclic) bond motifs is 5. The molecule has 0 fully saturated rings. The molecule has 28 heavy (non-hydrogen) atoms. The number of nitrogens with zero attached hydrogens (tertiary/aromatic N) is 1. The number of nitrogens with one attached hydrogen (secondary N) is 1. The molecular formula is C22H18N2O4. The molecule has 2 aromatic carbocycles. The predicted molar refractivity (Wildman–Crippen MR) is 103 cm³/mol. The highest BCUT2D eigenvalue weighted by atomic mass is 16.7. The lowest BCUT2D eigenvalue weighted by molar-refractivity contribution is 0.173. The molecule has 3 aliphatic heterocycles. The first kappa shape index (κ1) is 15.6. The van der Waals surface area contributed by atoms with Gasteiger partial charge in [-0.15, -0.1) is 0 Å². The van der Waals surface area contributed by atoms with Gasteiger partial charge in [-0.3, -0.25) is 4.79 Å². The van der Waals surface area contributed by atoms with Crippen LogP contribution >= 0.6 is 0 Å². The molecule has 1 spiro atoms. The van der Waals surface area contributed by atoms with Crippen molar-refractivity contribution in [2.24, 2.45) is 0 Å². The lowest BCUT2D eigenvalue weighted by atomic mass is 9.77. The normalized spacial score (nSPS) is 20.9. The van der Waals surface area contributed by atoms with E-state index >= 15 is 0 Å². The van der Waals surface area contributed by atoms with Crippen LogP contribution in [0.15, 0.2) is 59.5 Å². The van der Waals surface area contributed by atoms with Gasteiger partial charge >= 0.3 is 0 Å². The summed E-state index contributed by atoms with van der Waals surface area (Å²) in [5.74, 6) is 2.39. The summed E-state index contributed by atoms with van der Waals surface area (Å²) in [7, 11) is 0. The van der Waals surface area contributed by atoms with Gasteiger partial charge in [0.25, 0.3) is 0 Å². The second kappa shape index (κ2) is 5.55. The van der Waals surface area contributed by atoms with Crippen LogP contribution in [0, 0.1) is 0 Å². The number of aromatic nitrogens is 1. The lowest BCUT2D eigenvalue weighted by Crippen LogP contribution is -2.36. The molecule has 6 nitrogen and oxygen atoms in total. The highest BCUT2D eigenvalue weighted by Crippen LogP contribution is 2.54. The molecule has 3 aromatic rings. The average Bonchev–Trinajstić information content (AvgIpc) is 3.40. The van der Waals surface area contributed by atoms with Gasteiger partial charge in [-0.2, -0.15) is 0 Å². The Bertz CT molecular complexity index is 1140. The molecular weight excluding hydrogens is 356 g/mol. The quantitative estimate of drug-likeness (QED) is 0.747. The minimum absolute atomic E-state index is 0.0868. The summed E-state index contributed by atoms with van der Waals surface area (Å²) in [5, 5.41) is 0. The molecule has 4 heterocycles. The third-order valence-corrected chi connectivity index (χ3v) is 5.91. The van der Waals surface area contributed by atoms with E-state index in [0.29, 0.717) is 6.61 Å². The van der Waals surface area contributed by atoms with Crippen LogP contribution in [0.2, 0.25) is 0 Å². The number of pyridine rings is 1. The minimum atomic E-state index is -0.241. The van der Waals surface area contributed by atoms with Crippen LogP contribution < -0.4 is 24.7 Å². The Kier molecular flexibility index (Phi) is 3.10. The summed E-state index contributed by atoms with van der Waals surface area (Å²) in [4.78, 5) is 16.5. The largest absolute Gasteiger partial charge is 0.492 e. The fourth-order valence-electron chi connectivity index (χ4n) is 4.60. The van der Waals surface area contributed by atoms with E-state index < -0.39 is 0 Å². The van der Waals surface area contributed by atoms with Crippen molar-refractivity contribution >= 4 is 5.69 Å². The summed E-state index contributed by atoms with van der Waals surface area (Å²) < 4.78 is 17.3. The highest BCUT2D eigenvalue weighted by molar-refractivity contribution is 5.70. The summed E-state index contributed by atoms with van der Waals surface area (Å²) in [6.45, 7) is 2.36. The number of para-hydroxylation sites is 1. The summed E-state index contributed by atoms with van der Waals surface area (Å²) >= 11 is 0. The van der Waals surface area contributed by atoms with Crippen molar-refractivity contribution in [1.82, 2.24) is 4.98 Å². The van der Waals surface area contributed by atoms with Crippen molar-refractivity contribution in [3.63, 3.8) is 0 Å². The zero-order chi connectivity index (χ0) is 18.7. The van der Waals surface area contributed by atoms with E-state index in [1.807, 2.05) is 12.1 Å². The topological polar surface area (TPSA) is 63.8 Å². The Morgan fingerprint density at radius 3 is 2.68 bits per heavy atom. The van der Waals surface area contributed by atoms with Gasteiger partial charge in [0.2, 0.25) is 12.4 Å². The predicted octanol–water partition coefficient (Wildman–Crippen LogP) is 2.80. The van der Waals surface area contributed by atoms with Gasteiger partial charge in [-0.25, -0.2) is 0 Å². The van der Waals surface area contributed by atoms with E-state index in [2.05, 4.69) is 40.2 Å². The standard InChI is InChI=1S/C22H18N2O4/c25-21-6-5-14(9-23-21)10-24-11-22(15-3-1-2-4-17(15)24)12-26-18-8-20-19(7-16(18)22)27-13-28-20/h1-9H,10-13H2,(H,23,25). The zero-order valence-electron chi connectivity index (χ0n) is 15.1. The molecule has 1 aromatic heterocycles. The maximum Gasteiger partial charge on any atom is 0.247 e. The van der Waals surface area contributed by atoms with Gasteiger partial charge in [-0.1, -0.05) is 24.3 Å². The fraction of sp³-hybridized carbons (Fsp3) is 0.227. The van der Waals surface area contributed by atoms with Crippen LogP contribution in [-0.4, -0.2) is 24.9 Å². The molecule has 1 unspecified atom stereocenters. The van der Waals surface area contributed by atoms with E-state index in [-0.39, 0.29) is 17.8 Å².